The van der Waals surface area contributed by atoms with Crippen molar-refractivity contribution < 1.29 is 19.1 Å². The van der Waals surface area contributed by atoms with Gasteiger partial charge in [-0.15, -0.1) is 0 Å². The van der Waals surface area contributed by atoms with Crippen molar-refractivity contribution >= 4 is 46.4 Å². The second-order valence-electron chi connectivity index (χ2n) is 13.3. The van der Waals surface area contributed by atoms with Crippen molar-refractivity contribution in [3.63, 3.8) is 0 Å². The molecule has 2 aromatic carbocycles. The number of amides is 1. The summed E-state index contributed by atoms with van der Waals surface area (Å²) in [6.45, 7) is 12.9. The minimum absolute atomic E-state index is 0.0817. The van der Waals surface area contributed by atoms with Crippen molar-refractivity contribution in [1.82, 2.24) is 4.90 Å². The number of carbonyl (C=O) groups excluding carboxylic acids is 3. The Balaban J connectivity index is 1.47. The minimum Gasteiger partial charge on any atom is -0.482 e. The van der Waals surface area contributed by atoms with Crippen molar-refractivity contribution in [2.75, 3.05) is 18.5 Å². The Morgan fingerprint density at radius 3 is 2.02 bits per heavy atom. The van der Waals surface area contributed by atoms with Gasteiger partial charge in [0.2, 0.25) is 0 Å². The SMILES string of the molecule is CCN1C2=C(C(=O)CC(C)(C)C2)C(c2ccc(OCC(=O)Nc3ccc(C)c(Cl)c3)c(Cl)c2)C2=C1CC(C)(C)CC2=O. The van der Waals surface area contributed by atoms with E-state index in [4.69, 9.17) is 27.9 Å². The van der Waals surface area contributed by atoms with E-state index in [9.17, 15) is 14.4 Å². The van der Waals surface area contributed by atoms with Gasteiger partial charge >= 0.3 is 0 Å². The first-order valence-corrected chi connectivity index (χ1v) is 15.2. The Kier molecular flexibility index (Phi) is 8.10. The number of nitrogens with zero attached hydrogens (tertiary/aromatic N) is 1. The Morgan fingerprint density at radius 2 is 1.50 bits per heavy atom. The summed E-state index contributed by atoms with van der Waals surface area (Å²) in [7, 11) is 0. The highest BCUT2D eigenvalue weighted by atomic mass is 35.5. The van der Waals surface area contributed by atoms with E-state index >= 15 is 0 Å². The second-order valence-corrected chi connectivity index (χ2v) is 14.1. The van der Waals surface area contributed by atoms with Crippen LogP contribution in [0.5, 0.6) is 5.75 Å². The van der Waals surface area contributed by atoms with Gasteiger partial charge in [-0.05, 0) is 72.9 Å². The molecule has 0 aromatic heterocycles. The van der Waals surface area contributed by atoms with E-state index in [0.29, 0.717) is 52.0 Å². The molecule has 0 atom stereocenters. The molecule has 3 aliphatic rings. The van der Waals surface area contributed by atoms with Gasteiger partial charge in [-0.1, -0.05) is 63.0 Å². The number of ether oxygens (including phenoxy) is 1. The lowest BCUT2D eigenvalue weighted by Crippen LogP contribution is -2.44. The largest absolute Gasteiger partial charge is 0.482 e. The van der Waals surface area contributed by atoms with Crippen LogP contribution in [0.1, 0.15) is 77.3 Å². The summed E-state index contributed by atoms with van der Waals surface area (Å²) < 4.78 is 5.77. The van der Waals surface area contributed by atoms with Crippen molar-refractivity contribution in [2.45, 2.75) is 73.1 Å². The zero-order chi connectivity index (χ0) is 30.6. The van der Waals surface area contributed by atoms with E-state index in [-0.39, 0.29) is 34.9 Å². The molecule has 6 nitrogen and oxygen atoms in total. The molecule has 0 radical (unpaired) electrons. The lowest BCUT2D eigenvalue weighted by Gasteiger charge is -2.48. The highest BCUT2D eigenvalue weighted by molar-refractivity contribution is 6.32. The van der Waals surface area contributed by atoms with Gasteiger partial charge in [-0.2, -0.15) is 0 Å². The maximum absolute atomic E-state index is 13.8. The van der Waals surface area contributed by atoms with Crippen LogP contribution >= 0.6 is 23.2 Å². The maximum atomic E-state index is 13.8. The number of Topliss-reactive ketones (excluding diaryl/α,β-unsaturated/α-hetero) is 2. The third-order valence-electron chi connectivity index (χ3n) is 8.44. The Bertz CT molecular complexity index is 1500. The number of nitrogens with one attached hydrogen (secondary N) is 1. The Hall–Kier alpha value is -3.09. The number of aryl methyl sites for hydroxylation is 1. The number of hydrogen-bond acceptors (Lipinski definition) is 5. The van der Waals surface area contributed by atoms with Crippen LogP contribution in [0.2, 0.25) is 10.0 Å². The number of rotatable bonds is 6. The average Bonchev–Trinajstić information content (AvgIpc) is 2.87. The van der Waals surface area contributed by atoms with Gasteiger partial charge in [0.1, 0.15) is 5.75 Å². The van der Waals surface area contributed by atoms with Crippen LogP contribution in [0, 0.1) is 17.8 Å². The fourth-order valence-electron chi connectivity index (χ4n) is 6.59. The fraction of sp³-hybridized carbons (Fsp3) is 0.441. The van der Waals surface area contributed by atoms with E-state index < -0.39 is 5.92 Å². The molecule has 0 saturated heterocycles. The van der Waals surface area contributed by atoms with Crippen LogP contribution < -0.4 is 10.1 Å². The van der Waals surface area contributed by atoms with E-state index in [1.165, 1.54) is 0 Å². The molecule has 1 heterocycles. The summed E-state index contributed by atoms with van der Waals surface area (Å²) in [5.41, 5.74) is 5.42. The van der Waals surface area contributed by atoms with Gasteiger partial charge in [-0.25, -0.2) is 0 Å². The normalized spacial score (nSPS) is 20.0. The van der Waals surface area contributed by atoms with E-state index in [0.717, 1.165) is 35.4 Å². The second kappa shape index (κ2) is 11.2. The molecule has 1 aliphatic heterocycles. The van der Waals surface area contributed by atoms with Crippen LogP contribution in [0.15, 0.2) is 58.9 Å². The zero-order valence-electron chi connectivity index (χ0n) is 25.1. The summed E-state index contributed by atoms with van der Waals surface area (Å²) in [5, 5.41) is 3.65. The molecule has 2 aliphatic carbocycles. The van der Waals surface area contributed by atoms with Crippen LogP contribution in [0.4, 0.5) is 5.69 Å². The highest BCUT2D eigenvalue weighted by Gasteiger charge is 2.48. The fourth-order valence-corrected chi connectivity index (χ4v) is 7.01. The first kappa shape index (κ1) is 30.4. The molecule has 2 aromatic rings. The Labute approximate surface area is 258 Å². The standard InChI is InChI=1S/C34H38Cl2N2O4/c1-7-38-24-14-33(3,4)16-26(39)31(24)30(32-25(38)15-34(5,6)17-27(32)40)20-9-11-28(23(36)12-20)42-18-29(41)37-21-10-8-19(2)22(35)13-21/h8-13,30H,7,14-18H2,1-6H3,(H,37,41). The summed E-state index contributed by atoms with van der Waals surface area (Å²) in [6.07, 6.45) is 2.39. The molecule has 0 spiro atoms. The zero-order valence-corrected chi connectivity index (χ0v) is 26.6. The summed E-state index contributed by atoms with van der Waals surface area (Å²) in [4.78, 5) is 42.4. The first-order valence-electron chi connectivity index (χ1n) is 14.5. The van der Waals surface area contributed by atoms with Gasteiger partial charge in [0.05, 0.1) is 5.02 Å². The predicted molar refractivity (Wildman–Crippen MR) is 167 cm³/mol. The third kappa shape index (κ3) is 5.89. The predicted octanol–water partition coefficient (Wildman–Crippen LogP) is 8.02. The van der Waals surface area contributed by atoms with Gasteiger partial charge in [0.15, 0.2) is 18.2 Å². The summed E-state index contributed by atoms with van der Waals surface area (Å²) >= 11 is 12.9. The van der Waals surface area contributed by atoms with Gasteiger partial charge in [0, 0.05) is 58.6 Å². The lowest BCUT2D eigenvalue weighted by molar-refractivity contribution is -0.120. The van der Waals surface area contributed by atoms with Crippen molar-refractivity contribution in [2.24, 2.45) is 10.8 Å². The van der Waals surface area contributed by atoms with E-state index in [2.05, 4.69) is 44.8 Å². The first-order chi connectivity index (χ1) is 19.7. The van der Waals surface area contributed by atoms with Gasteiger partial charge < -0.3 is 15.0 Å². The molecule has 0 fully saturated rings. The molecule has 222 valence electrons. The van der Waals surface area contributed by atoms with E-state index in [1.807, 2.05) is 19.1 Å². The maximum Gasteiger partial charge on any atom is 0.262 e. The smallest absolute Gasteiger partial charge is 0.262 e. The summed E-state index contributed by atoms with van der Waals surface area (Å²) in [5.74, 6) is -0.320. The number of ketones is 2. The molecule has 0 bridgehead atoms. The molecule has 1 amide bonds. The lowest BCUT2D eigenvalue weighted by atomic mass is 9.63. The minimum atomic E-state index is -0.480. The molecule has 8 heteroatoms. The summed E-state index contributed by atoms with van der Waals surface area (Å²) in [6, 6.07) is 10.6. The van der Waals surface area contributed by atoms with Gasteiger partial charge in [0.25, 0.3) is 5.91 Å². The average molecular weight is 610 g/mol. The number of benzene rings is 2. The topological polar surface area (TPSA) is 75.7 Å². The van der Waals surface area contributed by atoms with Crippen LogP contribution in [0.25, 0.3) is 0 Å². The molecule has 0 saturated carbocycles. The van der Waals surface area contributed by atoms with Crippen molar-refractivity contribution in [3.05, 3.63) is 80.1 Å². The molecule has 1 N–H and O–H groups in total. The van der Waals surface area contributed by atoms with Crippen LogP contribution in [-0.4, -0.2) is 35.5 Å². The number of halogens is 2. The monoisotopic (exact) mass is 608 g/mol. The number of carbonyl (C=O) groups is 3. The van der Waals surface area contributed by atoms with Crippen LogP contribution in [-0.2, 0) is 14.4 Å². The quantitative estimate of drug-likeness (QED) is 0.359. The molecule has 5 rings (SSSR count). The van der Waals surface area contributed by atoms with Crippen molar-refractivity contribution in [1.29, 1.82) is 0 Å². The van der Waals surface area contributed by atoms with Gasteiger partial charge in [-0.3, -0.25) is 14.4 Å². The van der Waals surface area contributed by atoms with Crippen LogP contribution in [0.3, 0.4) is 0 Å². The van der Waals surface area contributed by atoms with Crippen molar-refractivity contribution in [3.8, 4) is 5.75 Å². The number of hydrogen-bond donors (Lipinski definition) is 1. The van der Waals surface area contributed by atoms with E-state index in [1.54, 1.807) is 24.3 Å². The molecular weight excluding hydrogens is 571 g/mol. The molecular formula is C34H38Cl2N2O4. The highest BCUT2D eigenvalue weighted by Crippen LogP contribution is 2.54. The third-order valence-corrected chi connectivity index (χ3v) is 9.14. The number of anilines is 1. The number of allylic oxidation sites excluding steroid dienone is 4. The Morgan fingerprint density at radius 1 is 0.905 bits per heavy atom. The molecule has 0 unspecified atom stereocenters. The molecule has 42 heavy (non-hydrogen) atoms.